The van der Waals surface area contributed by atoms with Crippen molar-refractivity contribution in [3.05, 3.63) is 29.3 Å². The van der Waals surface area contributed by atoms with E-state index in [1.54, 1.807) is 11.8 Å². The monoisotopic (exact) mass is 288 g/mol. The van der Waals surface area contributed by atoms with E-state index in [0.29, 0.717) is 6.54 Å². The molecule has 0 aromatic heterocycles. The van der Waals surface area contributed by atoms with Gasteiger partial charge in [-0.05, 0) is 57.4 Å². The average Bonchev–Trinajstić information content (AvgIpc) is 2.45. The molecule has 1 amide bonds. The number of fused-ring (bicyclic) bond motifs is 1. The van der Waals surface area contributed by atoms with Gasteiger partial charge in [0.05, 0.1) is 6.54 Å². The first-order valence-electron chi connectivity index (χ1n) is 7.54. The second kappa shape index (κ2) is 6.29. The minimum atomic E-state index is 0.0885. The molecule has 0 saturated carbocycles. The molecule has 4 nitrogen and oxygen atoms in total. The second-order valence-electron chi connectivity index (χ2n) is 6.02. The third-order valence-corrected chi connectivity index (χ3v) is 4.19. The Morgan fingerprint density at radius 2 is 2.05 bits per heavy atom. The molecule has 0 bridgehead atoms. The number of amides is 1. The van der Waals surface area contributed by atoms with Crippen molar-refractivity contribution in [3.63, 3.8) is 0 Å². The molecular weight excluding hydrogens is 264 g/mol. The predicted octanol–water partition coefficient (Wildman–Crippen LogP) is 2.51. The molecule has 0 atom stereocenters. The van der Waals surface area contributed by atoms with Gasteiger partial charge in [0.1, 0.15) is 0 Å². The van der Waals surface area contributed by atoms with Crippen molar-refractivity contribution in [1.82, 2.24) is 4.90 Å². The molecule has 1 aliphatic rings. The molecule has 0 N–H and O–H groups in total. The molecule has 0 saturated heterocycles. The Hall–Kier alpha value is -1.84. The highest BCUT2D eigenvalue weighted by atomic mass is 16.2. The van der Waals surface area contributed by atoms with Crippen LogP contribution in [0.15, 0.2) is 18.2 Å². The van der Waals surface area contributed by atoms with Crippen LogP contribution in [0.25, 0.3) is 0 Å². The quantitative estimate of drug-likeness (QED) is 0.799. The normalized spacial score (nSPS) is 14.0. The van der Waals surface area contributed by atoms with Gasteiger partial charge in [-0.1, -0.05) is 0 Å². The van der Waals surface area contributed by atoms with E-state index in [1.165, 1.54) is 5.56 Å². The van der Waals surface area contributed by atoms with E-state index in [4.69, 9.17) is 0 Å². The molecule has 0 spiro atoms. The minimum Gasteiger partial charge on any atom is -0.362 e. The minimum absolute atomic E-state index is 0.0885. The van der Waals surface area contributed by atoms with Crippen LogP contribution >= 0.6 is 0 Å². The maximum Gasteiger partial charge on any atom is 0.242 e. The summed E-state index contributed by atoms with van der Waals surface area (Å²) in [7, 11) is 1.84. The number of benzene rings is 1. The highest BCUT2D eigenvalue weighted by Crippen LogP contribution is 2.28. The van der Waals surface area contributed by atoms with E-state index in [2.05, 4.69) is 4.90 Å². The second-order valence-corrected chi connectivity index (χ2v) is 6.02. The van der Waals surface area contributed by atoms with Gasteiger partial charge in [0.25, 0.3) is 0 Å². The number of ketones is 1. The van der Waals surface area contributed by atoms with Gasteiger partial charge in [0.15, 0.2) is 5.78 Å². The Labute approximate surface area is 126 Å². The first-order valence-corrected chi connectivity index (χ1v) is 7.54. The summed E-state index contributed by atoms with van der Waals surface area (Å²) in [5.41, 5.74) is 3.02. The molecule has 1 aliphatic heterocycles. The van der Waals surface area contributed by atoms with Crippen LogP contribution in [-0.4, -0.2) is 42.8 Å². The molecule has 4 heteroatoms. The number of hydrogen-bond acceptors (Lipinski definition) is 3. The molecule has 1 aromatic rings. The van der Waals surface area contributed by atoms with Gasteiger partial charge >= 0.3 is 0 Å². The Kier molecular flexibility index (Phi) is 4.66. The number of Topliss-reactive ketones (excluding diaryl/α,β-unsaturated/α-hetero) is 1. The van der Waals surface area contributed by atoms with Crippen molar-refractivity contribution in [1.29, 1.82) is 0 Å². The lowest BCUT2D eigenvalue weighted by atomic mass is 9.98. The van der Waals surface area contributed by atoms with Crippen LogP contribution in [0.1, 0.15) is 43.1 Å². The molecular formula is C17H24N2O2. The number of anilines is 1. The number of carbonyl (C=O) groups is 2. The molecule has 1 heterocycles. The number of aryl methyl sites for hydroxylation is 1. The van der Waals surface area contributed by atoms with Crippen molar-refractivity contribution >= 4 is 17.4 Å². The highest BCUT2D eigenvalue weighted by molar-refractivity contribution is 5.95. The molecule has 1 aromatic carbocycles. The first-order chi connectivity index (χ1) is 9.90. The first kappa shape index (κ1) is 15.5. The zero-order valence-corrected chi connectivity index (χ0v) is 13.3. The summed E-state index contributed by atoms with van der Waals surface area (Å²) in [6, 6.07) is 6.02. The van der Waals surface area contributed by atoms with E-state index < -0.39 is 0 Å². The fourth-order valence-corrected chi connectivity index (χ4v) is 2.62. The van der Waals surface area contributed by atoms with Gasteiger partial charge in [0, 0.05) is 30.9 Å². The van der Waals surface area contributed by atoms with Gasteiger partial charge < -0.3 is 9.80 Å². The predicted molar refractivity (Wildman–Crippen MR) is 84.9 cm³/mol. The Morgan fingerprint density at radius 3 is 2.67 bits per heavy atom. The summed E-state index contributed by atoms with van der Waals surface area (Å²) >= 11 is 0. The number of carbonyl (C=O) groups excluding carboxylic acids is 2. The standard InChI is InChI=1S/C17H24N2O2/c1-12(2)18(4)17(21)11-19-9-5-6-15-10-14(13(3)20)7-8-16(15)19/h7-8,10,12H,5-6,9,11H2,1-4H3. The summed E-state index contributed by atoms with van der Waals surface area (Å²) in [5, 5.41) is 0. The fourth-order valence-electron chi connectivity index (χ4n) is 2.62. The number of rotatable bonds is 4. The van der Waals surface area contributed by atoms with Crippen molar-refractivity contribution in [2.45, 2.75) is 39.7 Å². The van der Waals surface area contributed by atoms with Crippen molar-refractivity contribution in [3.8, 4) is 0 Å². The van der Waals surface area contributed by atoms with Gasteiger partial charge in [-0.3, -0.25) is 9.59 Å². The number of hydrogen-bond donors (Lipinski definition) is 0. The van der Waals surface area contributed by atoms with Crippen molar-refractivity contribution in [2.75, 3.05) is 25.0 Å². The molecule has 0 unspecified atom stereocenters. The zero-order valence-electron chi connectivity index (χ0n) is 13.3. The van der Waals surface area contributed by atoms with E-state index in [-0.39, 0.29) is 17.7 Å². The zero-order chi connectivity index (χ0) is 15.6. The van der Waals surface area contributed by atoms with Crippen LogP contribution in [0, 0.1) is 0 Å². The molecule has 2 rings (SSSR count). The Balaban J connectivity index is 2.19. The highest BCUT2D eigenvalue weighted by Gasteiger charge is 2.22. The Morgan fingerprint density at radius 1 is 1.33 bits per heavy atom. The summed E-state index contributed by atoms with van der Waals surface area (Å²) in [5.74, 6) is 0.221. The summed E-state index contributed by atoms with van der Waals surface area (Å²) in [6.45, 7) is 6.91. The van der Waals surface area contributed by atoms with Gasteiger partial charge in [-0.2, -0.15) is 0 Å². The lowest BCUT2D eigenvalue weighted by Crippen LogP contribution is -2.43. The molecule has 21 heavy (non-hydrogen) atoms. The Bertz CT molecular complexity index is 552. The van der Waals surface area contributed by atoms with E-state index in [1.807, 2.05) is 39.1 Å². The summed E-state index contributed by atoms with van der Waals surface area (Å²) in [6.07, 6.45) is 1.99. The molecule has 114 valence electrons. The van der Waals surface area contributed by atoms with Crippen LogP contribution < -0.4 is 4.90 Å². The van der Waals surface area contributed by atoms with Gasteiger partial charge in [0.2, 0.25) is 5.91 Å². The van der Waals surface area contributed by atoms with E-state index >= 15 is 0 Å². The van der Waals surface area contributed by atoms with Crippen LogP contribution in [0.2, 0.25) is 0 Å². The largest absolute Gasteiger partial charge is 0.362 e. The van der Waals surface area contributed by atoms with Crippen molar-refractivity contribution in [2.24, 2.45) is 0 Å². The molecule has 0 aliphatic carbocycles. The topological polar surface area (TPSA) is 40.6 Å². The van der Waals surface area contributed by atoms with Crippen LogP contribution in [0.3, 0.4) is 0 Å². The van der Waals surface area contributed by atoms with E-state index in [0.717, 1.165) is 30.6 Å². The van der Waals surface area contributed by atoms with Crippen LogP contribution in [0.4, 0.5) is 5.69 Å². The van der Waals surface area contributed by atoms with Gasteiger partial charge in [-0.25, -0.2) is 0 Å². The number of nitrogens with zero attached hydrogens (tertiary/aromatic N) is 2. The third-order valence-electron chi connectivity index (χ3n) is 4.19. The fraction of sp³-hybridized carbons (Fsp3) is 0.529. The number of likely N-dealkylation sites (N-methyl/N-ethyl adjacent to an activating group) is 1. The third kappa shape index (κ3) is 3.43. The SMILES string of the molecule is CC(=O)c1ccc2c(c1)CCCN2CC(=O)N(C)C(C)C. The summed E-state index contributed by atoms with van der Waals surface area (Å²) < 4.78 is 0. The molecule has 0 fully saturated rings. The van der Waals surface area contributed by atoms with Crippen molar-refractivity contribution < 1.29 is 9.59 Å². The van der Waals surface area contributed by atoms with Crippen LogP contribution in [-0.2, 0) is 11.2 Å². The maximum atomic E-state index is 12.3. The maximum absolute atomic E-state index is 12.3. The average molecular weight is 288 g/mol. The summed E-state index contributed by atoms with van der Waals surface area (Å²) in [4.78, 5) is 27.7. The van der Waals surface area contributed by atoms with Gasteiger partial charge in [-0.15, -0.1) is 0 Å². The van der Waals surface area contributed by atoms with E-state index in [9.17, 15) is 9.59 Å². The lowest BCUT2D eigenvalue weighted by molar-refractivity contribution is -0.129. The van der Waals surface area contributed by atoms with Crippen LogP contribution in [0.5, 0.6) is 0 Å². The lowest BCUT2D eigenvalue weighted by Gasteiger charge is -2.33. The smallest absolute Gasteiger partial charge is 0.242 e. The molecule has 0 radical (unpaired) electrons.